The van der Waals surface area contributed by atoms with Gasteiger partial charge in [0.2, 0.25) is 17.6 Å². The molecule has 0 radical (unpaired) electrons. The van der Waals surface area contributed by atoms with E-state index in [2.05, 4.69) is 9.88 Å². The van der Waals surface area contributed by atoms with Crippen LogP contribution >= 0.6 is 0 Å². The lowest BCUT2D eigenvalue weighted by Crippen LogP contribution is -2.45. The Morgan fingerprint density at radius 2 is 2.00 bits per heavy atom. The molecule has 3 rings (SSSR count). The van der Waals surface area contributed by atoms with Gasteiger partial charge in [-0.3, -0.25) is 24.3 Å². The lowest BCUT2D eigenvalue weighted by Gasteiger charge is -2.32. The summed E-state index contributed by atoms with van der Waals surface area (Å²) in [4.78, 5) is 42.9. The highest BCUT2D eigenvalue weighted by atomic mass is 16.5. The van der Waals surface area contributed by atoms with E-state index < -0.39 is 23.1 Å². The second kappa shape index (κ2) is 9.33. The van der Waals surface area contributed by atoms with Gasteiger partial charge >= 0.3 is 5.97 Å². The summed E-state index contributed by atoms with van der Waals surface area (Å²) in [6.45, 7) is 2.85. The first-order chi connectivity index (χ1) is 14.0. The molecule has 0 aromatic carbocycles. The Hall–Kier alpha value is -3.20. The quantitative estimate of drug-likeness (QED) is 0.533. The number of hydrogen-bond acceptors (Lipinski definition) is 8. The van der Waals surface area contributed by atoms with E-state index in [1.807, 2.05) is 0 Å². The summed E-state index contributed by atoms with van der Waals surface area (Å²) in [5.74, 6) is -1.30. The third-order valence-corrected chi connectivity index (χ3v) is 4.96. The molecular formula is C20H23N3O6. The van der Waals surface area contributed by atoms with Gasteiger partial charge in [0.1, 0.15) is 5.76 Å². The first kappa shape index (κ1) is 20.5. The largest absolute Gasteiger partial charge is 0.502 e. The number of carbonyl (C=O) groups is 2. The lowest BCUT2D eigenvalue weighted by atomic mass is 9.93. The third kappa shape index (κ3) is 5.00. The number of pyridine rings is 1. The zero-order valence-electron chi connectivity index (χ0n) is 16.1. The summed E-state index contributed by atoms with van der Waals surface area (Å²) in [6, 6.07) is 4.64. The van der Waals surface area contributed by atoms with E-state index in [9.17, 15) is 19.5 Å². The Morgan fingerprint density at radius 1 is 1.31 bits per heavy atom. The smallest absolute Gasteiger partial charge is 0.306 e. The predicted octanol–water partition coefficient (Wildman–Crippen LogP) is 0.709. The fraction of sp³-hybridized carbons (Fsp3) is 0.400. The second-order valence-electron chi connectivity index (χ2n) is 6.82. The molecule has 9 nitrogen and oxygen atoms in total. The number of hydrogen-bond donors (Lipinski definition) is 1. The van der Waals surface area contributed by atoms with Gasteiger partial charge in [-0.2, -0.15) is 0 Å². The molecule has 1 atom stereocenters. The zero-order chi connectivity index (χ0) is 20.8. The maximum Gasteiger partial charge on any atom is 0.306 e. The minimum Gasteiger partial charge on any atom is -0.502 e. The van der Waals surface area contributed by atoms with Gasteiger partial charge in [0.25, 0.3) is 0 Å². The molecule has 0 aliphatic carbocycles. The lowest BCUT2D eigenvalue weighted by molar-refractivity contribution is -0.141. The van der Waals surface area contributed by atoms with Crippen molar-refractivity contribution < 1.29 is 23.8 Å². The Labute approximate surface area is 167 Å². The molecule has 0 saturated carbocycles. The molecule has 1 fully saturated rings. The standard InChI is InChI=1S/C20H23N3O6/c1-28-18(26)11-16(14-2-4-21-5-3-14)20-19(27)17(25)10-15(29-20)12-22-6-8-23(13-24)9-7-22/h2-5,10,13,16,27H,6-9,11-12H2,1H3/t16-/m1/s1. The van der Waals surface area contributed by atoms with Gasteiger partial charge in [0.15, 0.2) is 5.76 Å². The molecule has 1 N–H and O–H groups in total. The van der Waals surface area contributed by atoms with Crippen molar-refractivity contribution in [3.8, 4) is 5.75 Å². The minimum absolute atomic E-state index is 0.0237. The molecule has 1 saturated heterocycles. The van der Waals surface area contributed by atoms with E-state index in [4.69, 9.17) is 9.15 Å². The minimum atomic E-state index is -0.690. The monoisotopic (exact) mass is 401 g/mol. The molecule has 0 spiro atoms. The van der Waals surface area contributed by atoms with E-state index in [0.717, 1.165) is 6.41 Å². The summed E-state index contributed by atoms with van der Waals surface area (Å²) >= 11 is 0. The van der Waals surface area contributed by atoms with Crippen molar-refractivity contribution in [2.75, 3.05) is 33.3 Å². The Kier molecular flexibility index (Phi) is 6.61. The van der Waals surface area contributed by atoms with Crippen LogP contribution in [0.15, 0.2) is 39.8 Å². The Morgan fingerprint density at radius 3 is 2.62 bits per heavy atom. The van der Waals surface area contributed by atoms with Crippen LogP contribution in [0, 0.1) is 0 Å². The molecule has 2 aromatic rings. The molecule has 9 heteroatoms. The third-order valence-electron chi connectivity index (χ3n) is 4.96. The molecule has 0 bridgehead atoms. The number of aromatic nitrogens is 1. The number of aromatic hydroxyl groups is 1. The molecular weight excluding hydrogens is 378 g/mol. The maximum atomic E-state index is 12.4. The van der Waals surface area contributed by atoms with Crippen LogP contribution < -0.4 is 5.43 Å². The number of esters is 1. The van der Waals surface area contributed by atoms with Gasteiger partial charge < -0.3 is 19.2 Å². The summed E-state index contributed by atoms with van der Waals surface area (Å²) in [6.07, 6.45) is 3.84. The van der Waals surface area contributed by atoms with Crippen molar-refractivity contribution >= 4 is 12.4 Å². The van der Waals surface area contributed by atoms with E-state index in [1.165, 1.54) is 13.2 Å². The maximum absolute atomic E-state index is 12.4. The van der Waals surface area contributed by atoms with Crippen molar-refractivity contribution in [3.05, 3.63) is 57.9 Å². The van der Waals surface area contributed by atoms with Gasteiger partial charge in [0.05, 0.1) is 26.0 Å². The van der Waals surface area contributed by atoms with Crippen LogP contribution in [0.3, 0.4) is 0 Å². The van der Waals surface area contributed by atoms with E-state index >= 15 is 0 Å². The van der Waals surface area contributed by atoms with Gasteiger partial charge in [-0.25, -0.2) is 0 Å². The van der Waals surface area contributed by atoms with Gasteiger partial charge in [0, 0.05) is 44.6 Å². The van der Waals surface area contributed by atoms with Crippen LogP contribution in [-0.4, -0.2) is 65.6 Å². The van der Waals surface area contributed by atoms with E-state index in [0.29, 0.717) is 44.0 Å². The van der Waals surface area contributed by atoms with E-state index in [-0.39, 0.29) is 12.2 Å². The highest BCUT2D eigenvalue weighted by Gasteiger charge is 2.27. The van der Waals surface area contributed by atoms with Crippen LogP contribution in [0.4, 0.5) is 0 Å². The molecule has 3 heterocycles. The summed E-state index contributed by atoms with van der Waals surface area (Å²) in [5.41, 5.74) is 0.0947. The number of carbonyl (C=O) groups excluding carboxylic acids is 2. The van der Waals surface area contributed by atoms with Gasteiger partial charge in [-0.15, -0.1) is 0 Å². The van der Waals surface area contributed by atoms with Crippen LogP contribution in [0.25, 0.3) is 0 Å². The fourth-order valence-corrected chi connectivity index (χ4v) is 3.32. The van der Waals surface area contributed by atoms with Gasteiger partial charge in [-0.05, 0) is 17.7 Å². The van der Waals surface area contributed by atoms with Gasteiger partial charge in [-0.1, -0.05) is 0 Å². The number of piperazine rings is 1. The molecule has 154 valence electrons. The first-order valence-corrected chi connectivity index (χ1v) is 9.26. The SMILES string of the molecule is COC(=O)C[C@H](c1ccncc1)c1oc(CN2CCN(C=O)CC2)cc(=O)c1O. The van der Waals surface area contributed by atoms with Crippen molar-refractivity contribution in [2.24, 2.45) is 0 Å². The molecule has 2 aromatic heterocycles. The normalized spacial score (nSPS) is 15.7. The number of methoxy groups -OCH3 is 1. The fourth-order valence-electron chi connectivity index (χ4n) is 3.32. The average Bonchev–Trinajstić information content (AvgIpc) is 2.75. The topological polar surface area (TPSA) is 113 Å². The molecule has 29 heavy (non-hydrogen) atoms. The predicted molar refractivity (Wildman–Crippen MR) is 102 cm³/mol. The number of nitrogens with zero attached hydrogens (tertiary/aromatic N) is 3. The second-order valence-corrected chi connectivity index (χ2v) is 6.82. The van der Waals surface area contributed by atoms with Crippen molar-refractivity contribution in [1.29, 1.82) is 0 Å². The van der Waals surface area contributed by atoms with E-state index in [1.54, 1.807) is 29.4 Å². The van der Waals surface area contributed by atoms with Crippen LogP contribution in [-0.2, 0) is 20.9 Å². The zero-order valence-corrected chi connectivity index (χ0v) is 16.1. The Bertz CT molecular complexity index is 906. The van der Waals surface area contributed by atoms with Crippen molar-refractivity contribution in [3.63, 3.8) is 0 Å². The summed E-state index contributed by atoms with van der Waals surface area (Å²) in [7, 11) is 1.28. The Balaban J connectivity index is 1.91. The highest BCUT2D eigenvalue weighted by molar-refractivity contribution is 5.71. The van der Waals surface area contributed by atoms with Crippen molar-refractivity contribution in [1.82, 2.24) is 14.8 Å². The first-order valence-electron chi connectivity index (χ1n) is 9.26. The number of amides is 1. The van der Waals surface area contributed by atoms with Crippen LogP contribution in [0.1, 0.15) is 29.4 Å². The highest BCUT2D eigenvalue weighted by Crippen LogP contribution is 2.33. The summed E-state index contributed by atoms with van der Waals surface area (Å²) < 4.78 is 10.7. The number of rotatable bonds is 7. The van der Waals surface area contributed by atoms with Crippen LogP contribution in [0.2, 0.25) is 0 Å². The molecule has 0 unspecified atom stereocenters. The molecule has 1 aliphatic rings. The average molecular weight is 401 g/mol. The number of ether oxygens (including phenoxy) is 1. The summed E-state index contributed by atoms with van der Waals surface area (Å²) in [5, 5.41) is 10.4. The van der Waals surface area contributed by atoms with Crippen LogP contribution in [0.5, 0.6) is 5.75 Å². The molecule has 1 amide bonds. The molecule has 1 aliphatic heterocycles. The van der Waals surface area contributed by atoms with Crippen molar-refractivity contribution in [2.45, 2.75) is 18.9 Å².